The van der Waals surface area contributed by atoms with Crippen molar-refractivity contribution in [2.24, 2.45) is 0 Å². The SMILES string of the molecule is Cc1cc(Cl)c(C=C(CS)B2OC(C)(C)C(C)(C)O2)cc1F. The van der Waals surface area contributed by atoms with Gasteiger partial charge in [0.2, 0.25) is 0 Å². The summed E-state index contributed by atoms with van der Waals surface area (Å²) in [6.45, 7) is 9.63. The van der Waals surface area contributed by atoms with E-state index in [1.807, 2.05) is 27.7 Å². The summed E-state index contributed by atoms with van der Waals surface area (Å²) in [5, 5.41) is 0.495. The van der Waals surface area contributed by atoms with E-state index in [0.29, 0.717) is 21.9 Å². The lowest BCUT2D eigenvalue weighted by Gasteiger charge is -2.32. The summed E-state index contributed by atoms with van der Waals surface area (Å²) >= 11 is 10.6. The summed E-state index contributed by atoms with van der Waals surface area (Å²) in [5.74, 6) is 0.144. The molecule has 1 aliphatic heterocycles. The predicted octanol–water partition coefficient (Wildman–Crippen LogP) is 4.73. The summed E-state index contributed by atoms with van der Waals surface area (Å²) in [5.41, 5.74) is 1.07. The lowest BCUT2D eigenvalue weighted by atomic mass is 9.78. The Bertz CT molecular complexity index is 600. The molecule has 0 saturated carbocycles. The van der Waals surface area contributed by atoms with Gasteiger partial charge in [0.25, 0.3) is 0 Å². The van der Waals surface area contributed by atoms with Gasteiger partial charge in [-0.05, 0) is 63.4 Å². The largest absolute Gasteiger partial charge is 0.491 e. The van der Waals surface area contributed by atoms with Crippen molar-refractivity contribution in [3.8, 4) is 0 Å². The van der Waals surface area contributed by atoms with Gasteiger partial charge in [-0.2, -0.15) is 12.6 Å². The molecule has 0 aromatic heterocycles. The number of hydrogen-bond donors (Lipinski definition) is 1. The lowest BCUT2D eigenvalue weighted by molar-refractivity contribution is 0.00578. The second-order valence-corrected chi connectivity index (χ2v) is 7.31. The smallest absolute Gasteiger partial charge is 0.400 e. The molecule has 22 heavy (non-hydrogen) atoms. The zero-order valence-corrected chi connectivity index (χ0v) is 15.2. The van der Waals surface area contributed by atoms with Crippen molar-refractivity contribution >= 4 is 37.4 Å². The lowest BCUT2D eigenvalue weighted by Crippen LogP contribution is -2.41. The van der Waals surface area contributed by atoms with E-state index in [1.54, 1.807) is 19.1 Å². The minimum absolute atomic E-state index is 0.289. The Morgan fingerprint density at radius 3 is 2.32 bits per heavy atom. The van der Waals surface area contributed by atoms with Crippen molar-refractivity contribution < 1.29 is 13.7 Å². The first-order valence-electron chi connectivity index (χ1n) is 7.20. The fourth-order valence-corrected chi connectivity index (χ4v) is 2.67. The van der Waals surface area contributed by atoms with Crippen molar-refractivity contribution in [1.29, 1.82) is 0 Å². The van der Waals surface area contributed by atoms with Gasteiger partial charge in [0.05, 0.1) is 11.2 Å². The molecular weight excluding hydrogens is 322 g/mol. The van der Waals surface area contributed by atoms with Gasteiger partial charge in [-0.15, -0.1) is 0 Å². The van der Waals surface area contributed by atoms with Crippen molar-refractivity contribution in [2.45, 2.75) is 45.8 Å². The average Bonchev–Trinajstić information content (AvgIpc) is 2.61. The first-order chi connectivity index (χ1) is 10.1. The zero-order valence-electron chi connectivity index (χ0n) is 13.5. The normalized spacial score (nSPS) is 20.5. The zero-order chi connectivity index (χ0) is 16.7. The van der Waals surface area contributed by atoms with Crippen LogP contribution in [-0.4, -0.2) is 24.1 Å². The molecule has 120 valence electrons. The van der Waals surface area contributed by atoms with Crippen LogP contribution >= 0.6 is 24.2 Å². The van der Waals surface area contributed by atoms with Gasteiger partial charge in [0.15, 0.2) is 0 Å². The topological polar surface area (TPSA) is 18.5 Å². The van der Waals surface area contributed by atoms with Crippen molar-refractivity contribution in [3.63, 3.8) is 0 Å². The van der Waals surface area contributed by atoms with E-state index in [0.717, 1.165) is 5.47 Å². The van der Waals surface area contributed by atoms with Gasteiger partial charge in [-0.1, -0.05) is 17.7 Å². The number of aryl methyl sites for hydroxylation is 1. The average molecular weight is 343 g/mol. The second-order valence-electron chi connectivity index (χ2n) is 6.59. The van der Waals surface area contributed by atoms with Crippen LogP contribution < -0.4 is 0 Å². The van der Waals surface area contributed by atoms with E-state index in [2.05, 4.69) is 12.6 Å². The third-order valence-electron chi connectivity index (χ3n) is 4.36. The molecule has 2 rings (SSSR count). The maximum Gasteiger partial charge on any atom is 0.491 e. The van der Waals surface area contributed by atoms with E-state index in [-0.39, 0.29) is 5.82 Å². The monoisotopic (exact) mass is 342 g/mol. The molecule has 0 N–H and O–H groups in total. The third kappa shape index (κ3) is 3.38. The van der Waals surface area contributed by atoms with Crippen LogP contribution in [-0.2, 0) is 9.31 Å². The fourth-order valence-electron chi connectivity index (χ4n) is 2.15. The molecular formula is C16H21BClFO2S. The molecule has 0 atom stereocenters. The number of halogens is 2. The standard InChI is InChI=1S/C16H21BClFO2S/c1-10-6-13(18)11(8-14(10)19)7-12(9-22)17-20-15(2,3)16(4,5)21-17/h6-8,22H,9H2,1-5H3. The van der Waals surface area contributed by atoms with Crippen LogP contribution in [0.25, 0.3) is 6.08 Å². The molecule has 0 radical (unpaired) electrons. The molecule has 2 nitrogen and oxygen atoms in total. The number of hydrogen-bond acceptors (Lipinski definition) is 3. The second kappa shape index (κ2) is 6.19. The molecule has 1 saturated heterocycles. The molecule has 0 amide bonds. The van der Waals surface area contributed by atoms with E-state index in [9.17, 15) is 4.39 Å². The minimum Gasteiger partial charge on any atom is -0.400 e. The third-order valence-corrected chi connectivity index (χ3v) is 5.05. The van der Waals surface area contributed by atoms with E-state index >= 15 is 0 Å². The molecule has 1 aliphatic rings. The molecule has 0 aliphatic carbocycles. The summed E-state index contributed by atoms with van der Waals surface area (Å²) in [7, 11) is -0.511. The van der Waals surface area contributed by atoms with E-state index in [1.165, 1.54) is 6.07 Å². The fraction of sp³-hybridized carbons (Fsp3) is 0.500. The van der Waals surface area contributed by atoms with Crippen LogP contribution in [0.15, 0.2) is 17.6 Å². The summed E-state index contributed by atoms with van der Waals surface area (Å²) < 4.78 is 25.8. The van der Waals surface area contributed by atoms with Gasteiger partial charge in [0, 0.05) is 10.8 Å². The van der Waals surface area contributed by atoms with Crippen LogP contribution in [0.3, 0.4) is 0 Å². The Morgan fingerprint density at radius 2 is 1.82 bits per heavy atom. The summed E-state index contributed by atoms with van der Waals surface area (Å²) in [6.07, 6.45) is 1.79. The highest BCUT2D eigenvalue weighted by molar-refractivity contribution is 7.80. The number of thiol groups is 1. The van der Waals surface area contributed by atoms with Gasteiger partial charge >= 0.3 is 7.12 Å². The van der Waals surface area contributed by atoms with Gasteiger partial charge in [-0.25, -0.2) is 4.39 Å². The predicted molar refractivity (Wildman–Crippen MR) is 94.1 cm³/mol. The Morgan fingerprint density at radius 1 is 1.27 bits per heavy atom. The highest BCUT2D eigenvalue weighted by Crippen LogP contribution is 2.39. The van der Waals surface area contributed by atoms with Crippen molar-refractivity contribution in [3.05, 3.63) is 39.6 Å². The molecule has 1 fully saturated rings. The Kier molecular flexibility index (Phi) is 5.03. The Labute approximate surface area is 142 Å². The van der Waals surface area contributed by atoms with Gasteiger partial charge in [0.1, 0.15) is 5.82 Å². The van der Waals surface area contributed by atoms with E-state index < -0.39 is 18.3 Å². The summed E-state index contributed by atoms with van der Waals surface area (Å²) in [6, 6.07) is 3.04. The quantitative estimate of drug-likeness (QED) is 0.632. The van der Waals surface area contributed by atoms with Crippen LogP contribution in [0.2, 0.25) is 5.02 Å². The van der Waals surface area contributed by atoms with Crippen LogP contribution in [0.1, 0.15) is 38.8 Å². The number of benzene rings is 1. The minimum atomic E-state index is -0.511. The molecule has 0 spiro atoms. The van der Waals surface area contributed by atoms with Crippen LogP contribution in [0.5, 0.6) is 0 Å². The maximum absolute atomic E-state index is 13.8. The molecule has 1 aromatic carbocycles. The van der Waals surface area contributed by atoms with Crippen molar-refractivity contribution in [1.82, 2.24) is 0 Å². The first kappa shape index (κ1) is 17.9. The van der Waals surface area contributed by atoms with Crippen LogP contribution in [0, 0.1) is 12.7 Å². The van der Waals surface area contributed by atoms with Crippen molar-refractivity contribution in [2.75, 3.05) is 5.75 Å². The highest BCUT2D eigenvalue weighted by atomic mass is 35.5. The molecule has 0 unspecified atom stereocenters. The van der Waals surface area contributed by atoms with Gasteiger partial charge in [-0.3, -0.25) is 0 Å². The number of rotatable bonds is 3. The molecule has 1 heterocycles. The molecule has 1 aromatic rings. The maximum atomic E-state index is 13.8. The molecule has 6 heteroatoms. The summed E-state index contributed by atoms with van der Waals surface area (Å²) in [4.78, 5) is 0. The first-order valence-corrected chi connectivity index (χ1v) is 8.21. The Balaban J connectivity index is 2.36. The molecule has 0 bridgehead atoms. The van der Waals surface area contributed by atoms with Crippen LogP contribution in [0.4, 0.5) is 4.39 Å². The van der Waals surface area contributed by atoms with E-state index in [4.69, 9.17) is 20.9 Å². The Hall–Kier alpha value is -0.485. The van der Waals surface area contributed by atoms with Gasteiger partial charge < -0.3 is 9.31 Å². The highest BCUT2D eigenvalue weighted by Gasteiger charge is 2.52.